The molecule has 0 heterocycles. The van der Waals surface area contributed by atoms with Crippen LogP contribution in [0.3, 0.4) is 0 Å². The Morgan fingerprint density at radius 2 is 2.15 bits per heavy atom. The fourth-order valence-corrected chi connectivity index (χ4v) is 1.05. The molecule has 0 radical (unpaired) electrons. The Kier molecular flexibility index (Phi) is 3.18. The second kappa shape index (κ2) is 4.39. The molecule has 0 amide bonds. The average molecular weight is 194 g/mol. The van der Waals surface area contributed by atoms with Crippen molar-refractivity contribution in [3.63, 3.8) is 0 Å². The van der Waals surface area contributed by atoms with E-state index in [1.54, 1.807) is 12.0 Å². The smallest absolute Gasteiger partial charge is 0.233 e. The van der Waals surface area contributed by atoms with Crippen LogP contribution in [0.1, 0.15) is 5.56 Å². The van der Waals surface area contributed by atoms with Crippen molar-refractivity contribution >= 4 is 35.4 Å². The Hall–Kier alpha value is -1.66. The maximum absolute atomic E-state index is 9.99. The van der Waals surface area contributed by atoms with E-state index in [4.69, 9.17) is 11.6 Å². The van der Waals surface area contributed by atoms with Gasteiger partial charge in [0.15, 0.2) is 0 Å². The molecule has 1 aromatic carbocycles. The van der Waals surface area contributed by atoms with Gasteiger partial charge in [0.1, 0.15) is 5.94 Å². The predicted octanol–water partition coefficient (Wildman–Crippen LogP) is 2.15. The number of rotatable bonds is 2. The summed E-state index contributed by atoms with van der Waals surface area (Å²) in [7, 11) is 0. The minimum atomic E-state index is 0.298. The van der Waals surface area contributed by atoms with Gasteiger partial charge in [0.2, 0.25) is 6.08 Å². The molecule has 0 aliphatic rings. The molecule has 0 spiro atoms. The zero-order valence-electron chi connectivity index (χ0n) is 6.45. The normalized spacial score (nSPS) is 8.38. The van der Waals surface area contributed by atoms with E-state index in [2.05, 4.69) is 4.99 Å². The number of isocyanates is 1. The van der Waals surface area contributed by atoms with E-state index in [1.807, 2.05) is 0 Å². The predicted molar refractivity (Wildman–Crippen MR) is 49.4 cm³/mol. The van der Waals surface area contributed by atoms with E-state index in [0.717, 1.165) is 0 Å². The summed E-state index contributed by atoms with van der Waals surface area (Å²) in [6.07, 6.45) is 2.62. The molecule has 13 heavy (non-hydrogen) atoms. The highest BCUT2D eigenvalue weighted by atomic mass is 35.5. The monoisotopic (exact) mass is 193 g/mol. The summed E-state index contributed by atoms with van der Waals surface area (Å²) in [5.41, 5.74) is 0.949. The molecule has 4 heteroatoms. The lowest BCUT2D eigenvalue weighted by molar-refractivity contribution is 0.565. The van der Waals surface area contributed by atoms with Crippen LogP contribution in [-0.4, -0.2) is 12.0 Å². The van der Waals surface area contributed by atoms with Crippen LogP contribution in [0.15, 0.2) is 23.2 Å². The highest BCUT2D eigenvalue weighted by Gasteiger charge is 1.98. The lowest BCUT2D eigenvalue weighted by Crippen LogP contribution is -1.73. The topological polar surface area (TPSA) is 46.5 Å². The molecule has 0 aliphatic heterocycles. The van der Waals surface area contributed by atoms with Gasteiger partial charge >= 0.3 is 0 Å². The summed E-state index contributed by atoms with van der Waals surface area (Å²) in [5.74, 6) is 1.62. The molecule has 0 N–H and O–H groups in total. The van der Waals surface area contributed by atoms with Crippen molar-refractivity contribution in [1.29, 1.82) is 0 Å². The molecule has 0 aromatic heterocycles. The van der Waals surface area contributed by atoms with Gasteiger partial charge in [0, 0.05) is 6.08 Å². The maximum Gasteiger partial charge on any atom is 0.240 e. The van der Waals surface area contributed by atoms with Crippen molar-refractivity contribution in [2.45, 2.75) is 0 Å². The van der Waals surface area contributed by atoms with E-state index < -0.39 is 0 Å². The van der Waals surface area contributed by atoms with Gasteiger partial charge in [0.05, 0.1) is 10.7 Å². The largest absolute Gasteiger partial charge is 0.240 e. The zero-order valence-corrected chi connectivity index (χ0v) is 7.21. The molecule has 1 rings (SSSR count). The molecular formula is C9H4ClNO2. The number of nitrogens with zero attached hydrogens (tertiary/aromatic N) is 1. The van der Waals surface area contributed by atoms with E-state index in [1.165, 1.54) is 24.3 Å². The summed E-state index contributed by atoms with van der Waals surface area (Å²) >= 11 is 5.72. The molecule has 0 fully saturated rings. The minimum Gasteiger partial charge on any atom is -0.233 e. The van der Waals surface area contributed by atoms with Crippen molar-refractivity contribution < 1.29 is 9.59 Å². The summed E-state index contributed by atoms with van der Waals surface area (Å²) in [6.45, 7) is 0. The van der Waals surface area contributed by atoms with Crippen LogP contribution >= 0.6 is 11.6 Å². The lowest BCUT2D eigenvalue weighted by Gasteiger charge is -1.95. The van der Waals surface area contributed by atoms with Gasteiger partial charge in [-0.15, -0.1) is 0 Å². The summed E-state index contributed by atoms with van der Waals surface area (Å²) < 4.78 is 0. The van der Waals surface area contributed by atoms with Gasteiger partial charge in [-0.1, -0.05) is 17.7 Å². The SMILES string of the molecule is O=C=Cc1ccc(N=C=O)c(Cl)c1. The van der Waals surface area contributed by atoms with Gasteiger partial charge in [-0.25, -0.2) is 9.59 Å². The molecule has 0 aliphatic carbocycles. The van der Waals surface area contributed by atoms with Crippen molar-refractivity contribution in [3.8, 4) is 0 Å². The molecule has 0 bridgehead atoms. The minimum absolute atomic E-state index is 0.298. The van der Waals surface area contributed by atoms with E-state index in [0.29, 0.717) is 16.3 Å². The van der Waals surface area contributed by atoms with Crippen LogP contribution in [0.4, 0.5) is 5.69 Å². The number of hydrogen-bond acceptors (Lipinski definition) is 3. The molecule has 0 saturated heterocycles. The second-order valence-electron chi connectivity index (χ2n) is 2.18. The summed E-state index contributed by atoms with van der Waals surface area (Å²) in [5, 5.41) is 0.298. The van der Waals surface area contributed by atoms with E-state index in [9.17, 15) is 9.59 Å². The Morgan fingerprint density at radius 3 is 2.69 bits per heavy atom. The molecule has 0 saturated carbocycles. The van der Waals surface area contributed by atoms with Gasteiger partial charge < -0.3 is 0 Å². The van der Waals surface area contributed by atoms with Crippen molar-refractivity contribution in [2.75, 3.05) is 0 Å². The Morgan fingerprint density at radius 1 is 1.38 bits per heavy atom. The first-order valence-corrected chi connectivity index (χ1v) is 3.74. The average Bonchev–Trinajstić information content (AvgIpc) is 2.10. The zero-order chi connectivity index (χ0) is 9.68. The van der Waals surface area contributed by atoms with Crippen LogP contribution in [0.5, 0.6) is 0 Å². The molecule has 0 atom stereocenters. The first-order valence-electron chi connectivity index (χ1n) is 3.36. The molecule has 0 unspecified atom stereocenters. The third kappa shape index (κ3) is 2.39. The first-order chi connectivity index (χ1) is 6.27. The van der Waals surface area contributed by atoms with Crippen molar-refractivity contribution in [3.05, 3.63) is 28.8 Å². The number of halogens is 1. The van der Waals surface area contributed by atoms with Gasteiger partial charge in [-0.2, -0.15) is 4.99 Å². The van der Waals surface area contributed by atoms with E-state index in [-0.39, 0.29) is 0 Å². The molecule has 64 valence electrons. The molecule has 3 nitrogen and oxygen atoms in total. The highest BCUT2D eigenvalue weighted by Crippen LogP contribution is 2.25. The van der Waals surface area contributed by atoms with E-state index >= 15 is 0 Å². The van der Waals surface area contributed by atoms with Crippen LogP contribution in [-0.2, 0) is 9.59 Å². The Labute approximate surface area is 79.4 Å². The lowest BCUT2D eigenvalue weighted by atomic mass is 10.2. The second-order valence-corrected chi connectivity index (χ2v) is 2.58. The quantitative estimate of drug-likeness (QED) is 0.411. The first kappa shape index (κ1) is 9.43. The standard InChI is InChI=1S/C9H4ClNO2/c10-8-5-7(3-4-12)1-2-9(8)11-6-13/h1-3,5H. The number of carbonyl (C=O) groups excluding carboxylic acids is 2. The van der Waals surface area contributed by atoms with Gasteiger partial charge in [-0.3, -0.25) is 0 Å². The molecule has 1 aromatic rings. The van der Waals surface area contributed by atoms with Gasteiger partial charge in [-0.05, 0) is 17.7 Å². The summed E-state index contributed by atoms with van der Waals surface area (Å²) in [4.78, 5) is 23.3. The third-order valence-corrected chi connectivity index (χ3v) is 1.67. The number of hydrogen-bond donors (Lipinski definition) is 0. The van der Waals surface area contributed by atoms with Crippen molar-refractivity contribution in [1.82, 2.24) is 0 Å². The van der Waals surface area contributed by atoms with Crippen LogP contribution in [0.2, 0.25) is 5.02 Å². The van der Waals surface area contributed by atoms with Crippen molar-refractivity contribution in [2.24, 2.45) is 4.99 Å². The fourth-order valence-electron chi connectivity index (χ4n) is 0.821. The Balaban J connectivity index is 3.19. The van der Waals surface area contributed by atoms with Crippen LogP contribution < -0.4 is 0 Å². The third-order valence-electron chi connectivity index (χ3n) is 1.36. The number of aliphatic imine (C=N–C) groups is 1. The van der Waals surface area contributed by atoms with Gasteiger partial charge in [0.25, 0.3) is 0 Å². The Bertz CT molecular complexity index is 416. The van der Waals surface area contributed by atoms with Crippen LogP contribution in [0, 0.1) is 0 Å². The maximum atomic E-state index is 9.99. The number of benzene rings is 1. The summed E-state index contributed by atoms with van der Waals surface area (Å²) in [6, 6.07) is 4.64. The fraction of sp³-hybridized carbons (Fsp3) is 0. The highest BCUT2D eigenvalue weighted by molar-refractivity contribution is 6.33. The molecular weight excluding hydrogens is 190 g/mol. The van der Waals surface area contributed by atoms with Crippen LogP contribution in [0.25, 0.3) is 6.08 Å².